The van der Waals surface area contributed by atoms with Crippen LogP contribution in [-0.4, -0.2) is 14.0 Å². The first-order valence-electron chi connectivity index (χ1n) is 1.68. The van der Waals surface area contributed by atoms with Crippen LogP contribution >= 0.6 is 0 Å². The lowest BCUT2D eigenvalue weighted by atomic mass is 10.0. The number of hydrogen-bond acceptors (Lipinski definition) is 1. The topological polar surface area (TPSA) is 42.6 Å². The summed E-state index contributed by atoms with van der Waals surface area (Å²) in [4.78, 5) is 0. The van der Waals surface area contributed by atoms with Crippen LogP contribution in [0.1, 0.15) is 0 Å². The molecule has 0 saturated carbocycles. The highest BCUT2D eigenvalue weighted by Crippen LogP contribution is 1.77. The van der Waals surface area contributed by atoms with E-state index in [-0.39, 0.29) is 0 Å². The van der Waals surface area contributed by atoms with E-state index in [0.717, 1.165) is 0 Å². The van der Waals surface area contributed by atoms with Crippen LogP contribution in [0.25, 0.3) is 0 Å². The van der Waals surface area contributed by atoms with Crippen LogP contribution in [0.5, 0.6) is 0 Å². The van der Waals surface area contributed by atoms with Gasteiger partial charge < -0.3 is 19.5 Å². The molecule has 0 unspecified atom stereocenters. The maximum absolute atomic E-state index is 11.2. The summed E-state index contributed by atoms with van der Waals surface area (Å²) in [5, 5.41) is 0.694. The van der Waals surface area contributed by atoms with E-state index in [1.165, 1.54) is 7.05 Å². The second-order valence-electron chi connectivity index (χ2n) is 1.11. The fourth-order valence-electron chi connectivity index (χ4n) is 0. The Morgan fingerprint density at radius 1 is 1.67 bits per heavy atom. The highest BCUT2D eigenvalue weighted by atomic mass is 19.2. The Hall–Kier alpha value is -0.155. The molecule has 2 nitrogen and oxygen atoms in total. The van der Waals surface area contributed by atoms with Crippen molar-refractivity contribution in [3.8, 4) is 0 Å². The molecule has 6 heavy (non-hydrogen) atoms. The van der Waals surface area contributed by atoms with Crippen LogP contribution in [0, 0.1) is 0 Å². The molecule has 0 aromatic carbocycles. The van der Waals surface area contributed by atoms with E-state index < -0.39 is 6.97 Å². The number of nitrogens with two attached hydrogens (primary N) is 2. The van der Waals surface area contributed by atoms with Crippen molar-refractivity contribution in [2.75, 3.05) is 7.05 Å². The molecule has 0 aliphatic carbocycles. The Bertz CT molecular complexity index is 41.3. The van der Waals surface area contributed by atoms with Gasteiger partial charge in [0.05, 0.1) is 0 Å². The summed E-state index contributed by atoms with van der Waals surface area (Å²) in [7, 11) is 1.24. The zero-order valence-electron chi connectivity index (χ0n) is 3.49. The molecule has 0 spiro atoms. The van der Waals surface area contributed by atoms with Crippen molar-refractivity contribution in [1.29, 1.82) is 0 Å². The molecule has 0 fully saturated rings. The summed E-state index contributed by atoms with van der Waals surface area (Å²) in [6.07, 6.45) is 0. The summed E-state index contributed by atoms with van der Waals surface area (Å²) in [5.41, 5.74) is 4.21. The van der Waals surface area contributed by atoms with Crippen molar-refractivity contribution in [2.24, 2.45) is 5.64 Å². The quantitative estimate of drug-likeness (QED) is 0.384. The van der Waals surface area contributed by atoms with Gasteiger partial charge in [0, 0.05) is 7.05 Å². The average Bonchev–Trinajstić information content (AvgIpc) is 1.35. The first kappa shape index (κ1) is 5.84. The van der Waals surface area contributed by atoms with E-state index in [2.05, 4.69) is 5.64 Å². The maximum Gasteiger partial charge on any atom is 0.618 e. The molecule has 38 valence electrons. The Morgan fingerprint density at radius 3 is 1.83 bits per heavy atom. The zero-order chi connectivity index (χ0) is 5.21. The second-order valence-corrected chi connectivity index (χ2v) is 1.11. The van der Waals surface area contributed by atoms with Crippen LogP contribution in [0.2, 0.25) is 0 Å². The van der Waals surface area contributed by atoms with Crippen LogP contribution in [0.3, 0.4) is 0 Å². The van der Waals surface area contributed by atoms with E-state index in [9.17, 15) is 8.63 Å². The molecule has 0 bridgehead atoms. The zero-order valence-corrected chi connectivity index (χ0v) is 3.49. The molecule has 0 aliphatic heterocycles. The predicted octanol–water partition coefficient (Wildman–Crippen LogP) is -1.49. The van der Waals surface area contributed by atoms with Gasteiger partial charge in [-0.25, -0.2) is 0 Å². The van der Waals surface area contributed by atoms with Crippen LogP contribution in [0.4, 0.5) is 8.63 Å². The lowest BCUT2D eigenvalue weighted by Gasteiger charge is -2.07. The van der Waals surface area contributed by atoms with E-state index in [4.69, 9.17) is 0 Å². The number of rotatable bonds is 1. The van der Waals surface area contributed by atoms with Crippen molar-refractivity contribution in [3.05, 3.63) is 0 Å². The molecule has 0 heterocycles. The van der Waals surface area contributed by atoms with Crippen molar-refractivity contribution in [1.82, 2.24) is 0 Å². The molecule has 0 saturated heterocycles. The summed E-state index contributed by atoms with van der Waals surface area (Å²) in [5.74, 6) is 0. The van der Waals surface area contributed by atoms with Crippen molar-refractivity contribution in [2.45, 2.75) is 0 Å². The molecule has 0 aliphatic rings. The Morgan fingerprint density at radius 2 is 1.83 bits per heavy atom. The molecule has 0 radical (unpaired) electrons. The minimum Gasteiger partial charge on any atom is -0.464 e. The second kappa shape index (κ2) is 1.53. The third-order valence-corrected chi connectivity index (χ3v) is 0.444. The molecule has 0 atom stereocenters. The molecule has 0 aromatic rings. The maximum atomic E-state index is 11.2. The Labute approximate surface area is 34.8 Å². The molecule has 5 heteroatoms. The van der Waals surface area contributed by atoms with Gasteiger partial charge in [-0.2, -0.15) is 0 Å². The molecular weight excluding hydrogens is 88.8 g/mol. The van der Waals surface area contributed by atoms with Crippen LogP contribution in [0.15, 0.2) is 0 Å². The highest BCUT2D eigenvalue weighted by Gasteiger charge is 2.22. The van der Waals surface area contributed by atoms with Crippen LogP contribution < -0.4 is 10.9 Å². The molecule has 0 rings (SSSR count). The third-order valence-electron chi connectivity index (χ3n) is 0.444. The van der Waals surface area contributed by atoms with Gasteiger partial charge in [-0.15, -0.1) is 0 Å². The Kier molecular flexibility index (Phi) is 1.49. The number of quaternary nitrogens is 1. The van der Waals surface area contributed by atoms with Crippen molar-refractivity contribution >= 4 is 6.97 Å². The minimum atomic E-state index is -3.61. The van der Waals surface area contributed by atoms with Gasteiger partial charge in [0.1, 0.15) is 0 Å². The van der Waals surface area contributed by atoms with E-state index in [1.54, 1.807) is 0 Å². The number of hydrogen-bond donors (Lipinski definition) is 2. The van der Waals surface area contributed by atoms with Gasteiger partial charge in [-0.1, -0.05) is 0 Å². The van der Waals surface area contributed by atoms with Gasteiger partial charge in [-0.05, 0) is 0 Å². The Balaban J connectivity index is 3.17. The fraction of sp³-hybridized carbons (Fsp3) is 1.00. The minimum absolute atomic E-state index is 0.694. The van der Waals surface area contributed by atoms with Gasteiger partial charge in [0.2, 0.25) is 0 Å². The van der Waals surface area contributed by atoms with Gasteiger partial charge in [-0.3, -0.25) is 0 Å². The molecule has 0 amide bonds. The summed E-state index contributed by atoms with van der Waals surface area (Å²) < 4.78 is 22.5. The first-order chi connectivity index (χ1) is 2.56. The lowest BCUT2D eigenvalue weighted by molar-refractivity contribution is -0.519. The van der Waals surface area contributed by atoms with Gasteiger partial charge >= 0.3 is 6.97 Å². The third kappa shape index (κ3) is 3.84. The lowest BCUT2D eigenvalue weighted by Crippen LogP contribution is -2.98. The largest absolute Gasteiger partial charge is 0.618 e. The molecule has 0 aromatic heterocycles. The summed E-state index contributed by atoms with van der Waals surface area (Å²) >= 11 is 0. The van der Waals surface area contributed by atoms with E-state index in [0.29, 0.717) is 5.23 Å². The van der Waals surface area contributed by atoms with E-state index >= 15 is 0 Å². The SMILES string of the molecule is C[NH2+][B-](N)(F)F. The standard InChI is InChI=1S/CH7BF2N2/c1-6-2(3,4)5/h5-6H2,1H3. The van der Waals surface area contributed by atoms with E-state index in [1.807, 2.05) is 0 Å². The summed E-state index contributed by atoms with van der Waals surface area (Å²) in [6, 6.07) is 0. The molecular formula is CH7BF2N2. The number of halogens is 2. The van der Waals surface area contributed by atoms with Gasteiger partial charge in [0.25, 0.3) is 0 Å². The summed E-state index contributed by atoms with van der Waals surface area (Å²) in [6.45, 7) is -3.61. The highest BCUT2D eigenvalue weighted by molar-refractivity contribution is 6.52. The van der Waals surface area contributed by atoms with Crippen LogP contribution in [-0.2, 0) is 0 Å². The van der Waals surface area contributed by atoms with Crippen molar-refractivity contribution < 1.29 is 13.9 Å². The predicted molar refractivity (Wildman–Crippen MR) is 20.0 cm³/mol. The molecule has 4 N–H and O–H groups in total. The van der Waals surface area contributed by atoms with Crippen molar-refractivity contribution in [3.63, 3.8) is 0 Å². The van der Waals surface area contributed by atoms with Gasteiger partial charge in [0.15, 0.2) is 0 Å². The normalized spacial score (nSPS) is 12.0. The smallest absolute Gasteiger partial charge is 0.464 e. The monoisotopic (exact) mass is 96.1 g/mol. The fourth-order valence-corrected chi connectivity index (χ4v) is 0. The first-order valence-corrected chi connectivity index (χ1v) is 1.68. The average molecular weight is 95.9 g/mol.